The van der Waals surface area contributed by atoms with Gasteiger partial charge >= 0.3 is 5.97 Å². The molecule has 0 radical (unpaired) electrons. The van der Waals surface area contributed by atoms with Crippen LogP contribution in [0.1, 0.15) is 44.2 Å². The van der Waals surface area contributed by atoms with Crippen molar-refractivity contribution in [1.29, 1.82) is 0 Å². The topological polar surface area (TPSA) is 71.4 Å². The predicted octanol–water partition coefficient (Wildman–Crippen LogP) is 3.85. The molecular formula is C23H27N3O4S. The number of thioether (sulfide) groups is 1. The summed E-state index contributed by atoms with van der Waals surface area (Å²) < 4.78 is 10.5. The van der Waals surface area contributed by atoms with E-state index in [1.807, 2.05) is 46.4 Å². The summed E-state index contributed by atoms with van der Waals surface area (Å²) in [4.78, 5) is 34.4. The third-order valence-electron chi connectivity index (χ3n) is 5.86. The first-order valence-electron chi connectivity index (χ1n) is 10.5. The van der Waals surface area contributed by atoms with Gasteiger partial charge in [-0.25, -0.2) is 9.79 Å². The van der Waals surface area contributed by atoms with E-state index < -0.39 is 12.0 Å². The fraction of sp³-hybridized carbons (Fsp3) is 0.435. The summed E-state index contributed by atoms with van der Waals surface area (Å²) in [5.74, 6) is 0.389. The van der Waals surface area contributed by atoms with Crippen molar-refractivity contribution in [3.8, 4) is 5.75 Å². The molecule has 0 spiro atoms. The fourth-order valence-corrected chi connectivity index (χ4v) is 5.24. The second-order valence-corrected chi connectivity index (χ2v) is 8.62. The Morgan fingerprint density at radius 3 is 2.68 bits per heavy atom. The number of allylic oxidation sites excluding steroid dienone is 1. The van der Waals surface area contributed by atoms with Gasteiger partial charge < -0.3 is 19.3 Å². The number of amidine groups is 1. The summed E-state index contributed by atoms with van der Waals surface area (Å²) in [6.07, 6.45) is 3.56. The quantitative estimate of drug-likeness (QED) is 0.647. The Labute approximate surface area is 186 Å². The Kier molecular flexibility index (Phi) is 6.36. The van der Waals surface area contributed by atoms with Crippen LogP contribution >= 0.6 is 11.8 Å². The average Bonchev–Trinajstić information content (AvgIpc) is 3.20. The minimum Gasteiger partial charge on any atom is -0.497 e. The van der Waals surface area contributed by atoms with E-state index in [-0.39, 0.29) is 12.3 Å². The molecule has 1 aromatic rings. The third-order valence-corrected chi connectivity index (χ3v) is 6.75. The molecule has 4 rings (SSSR count). The Bertz CT molecular complexity index is 979. The number of likely N-dealkylation sites (tertiary alicyclic amines) is 1. The van der Waals surface area contributed by atoms with Gasteiger partial charge in [-0.2, -0.15) is 0 Å². The van der Waals surface area contributed by atoms with Crippen LogP contribution in [0.25, 0.3) is 0 Å². The molecule has 164 valence electrons. The normalized spacial score (nSPS) is 20.8. The third kappa shape index (κ3) is 4.21. The Balaban J connectivity index is 1.70. The number of piperidine rings is 1. The summed E-state index contributed by atoms with van der Waals surface area (Å²) in [5.41, 5.74) is 2.82. The lowest BCUT2D eigenvalue weighted by Crippen LogP contribution is -2.40. The van der Waals surface area contributed by atoms with Crippen molar-refractivity contribution in [3.63, 3.8) is 0 Å². The van der Waals surface area contributed by atoms with Gasteiger partial charge in [0, 0.05) is 18.8 Å². The summed E-state index contributed by atoms with van der Waals surface area (Å²) in [6.45, 7) is 3.44. The molecular weight excluding hydrogens is 414 g/mol. The molecule has 0 N–H and O–H groups in total. The monoisotopic (exact) mass is 441 g/mol. The van der Waals surface area contributed by atoms with Gasteiger partial charge in [0.25, 0.3) is 0 Å². The van der Waals surface area contributed by atoms with Gasteiger partial charge in [0.1, 0.15) is 5.75 Å². The number of esters is 1. The molecule has 8 heteroatoms. The number of carbonyl (C=O) groups is 2. The van der Waals surface area contributed by atoms with Gasteiger partial charge in [-0.05, 0) is 49.3 Å². The van der Waals surface area contributed by atoms with Crippen LogP contribution < -0.4 is 4.74 Å². The van der Waals surface area contributed by atoms with Crippen molar-refractivity contribution in [2.75, 3.05) is 27.3 Å². The van der Waals surface area contributed by atoms with Crippen LogP contribution in [0.4, 0.5) is 0 Å². The molecule has 1 unspecified atom stereocenters. The van der Waals surface area contributed by atoms with Crippen LogP contribution in [0.5, 0.6) is 5.75 Å². The van der Waals surface area contributed by atoms with Crippen molar-refractivity contribution in [3.05, 3.63) is 52.2 Å². The number of carbonyl (C=O) groups excluding carboxylic acids is 2. The Morgan fingerprint density at radius 1 is 1.19 bits per heavy atom. The molecule has 3 aliphatic heterocycles. The molecule has 1 amide bonds. The fourth-order valence-electron chi connectivity index (χ4n) is 4.28. The molecule has 0 aliphatic carbocycles. The van der Waals surface area contributed by atoms with Gasteiger partial charge in [0.15, 0.2) is 5.17 Å². The van der Waals surface area contributed by atoms with E-state index in [9.17, 15) is 9.59 Å². The van der Waals surface area contributed by atoms with Gasteiger partial charge in [0.05, 0.1) is 38.0 Å². The molecule has 0 saturated carbocycles. The zero-order valence-electron chi connectivity index (χ0n) is 18.1. The maximum atomic E-state index is 13.0. The average molecular weight is 442 g/mol. The second-order valence-electron chi connectivity index (χ2n) is 7.78. The first-order valence-corrected chi connectivity index (χ1v) is 11.4. The molecule has 1 fully saturated rings. The van der Waals surface area contributed by atoms with Crippen LogP contribution in [0.15, 0.2) is 51.6 Å². The lowest BCUT2D eigenvalue weighted by atomic mass is 9.93. The van der Waals surface area contributed by atoms with Crippen LogP contribution in [-0.2, 0) is 14.3 Å². The van der Waals surface area contributed by atoms with E-state index in [0.29, 0.717) is 17.0 Å². The smallest absolute Gasteiger partial charge is 0.338 e. The number of rotatable bonds is 5. The van der Waals surface area contributed by atoms with E-state index in [0.717, 1.165) is 42.4 Å². The highest BCUT2D eigenvalue weighted by molar-refractivity contribution is 8.16. The number of fused-ring (bicyclic) bond motifs is 1. The van der Waals surface area contributed by atoms with E-state index in [4.69, 9.17) is 9.47 Å². The lowest BCUT2D eigenvalue weighted by molar-refractivity contribution is -0.136. The van der Waals surface area contributed by atoms with Gasteiger partial charge in [-0.1, -0.05) is 23.9 Å². The number of methoxy groups -OCH3 is 2. The van der Waals surface area contributed by atoms with Crippen molar-refractivity contribution < 1.29 is 19.1 Å². The number of aliphatic imine (C=N–C) groups is 1. The number of hydrogen-bond acceptors (Lipinski definition) is 7. The first-order chi connectivity index (χ1) is 15.0. The maximum absolute atomic E-state index is 13.0. The number of nitrogens with zero attached hydrogens (tertiary/aromatic N) is 3. The molecule has 7 nitrogen and oxygen atoms in total. The minimum atomic E-state index is -0.439. The Hall–Kier alpha value is -2.74. The maximum Gasteiger partial charge on any atom is 0.338 e. The molecule has 0 aromatic heterocycles. The zero-order valence-corrected chi connectivity index (χ0v) is 18.9. The summed E-state index contributed by atoms with van der Waals surface area (Å²) >= 11 is 1.48. The highest BCUT2D eigenvalue weighted by Gasteiger charge is 2.41. The van der Waals surface area contributed by atoms with Gasteiger partial charge in [0.2, 0.25) is 5.91 Å². The summed E-state index contributed by atoms with van der Waals surface area (Å²) in [6, 6.07) is 7.20. The standard InChI is InChI=1S/C23H27N3O4S/c1-15-20(22(28)30-3)21(16-8-7-9-18(12-16)29-2)26-17(14-31-23(26)24-15)13-19(27)25-10-5-4-6-11-25/h7-9,12,14,21H,4-6,10-11,13H2,1-3H3. The molecule has 0 bridgehead atoms. The van der Waals surface area contributed by atoms with E-state index in [1.165, 1.54) is 25.3 Å². The molecule has 31 heavy (non-hydrogen) atoms. The number of benzene rings is 1. The SMILES string of the molecule is COC(=O)C1=C(C)N=C2SC=C(CC(=O)N3CCCCC3)N2C1c1cccc(OC)c1. The molecule has 3 heterocycles. The molecule has 1 saturated heterocycles. The Morgan fingerprint density at radius 2 is 1.97 bits per heavy atom. The van der Waals surface area contributed by atoms with Gasteiger partial charge in [-0.3, -0.25) is 4.79 Å². The van der Waals surface area contributed by atoms with Crippen molar-refractivity contribution >= 4 is 28.8 Å². The number of hydrogen-bond donors (Lipinski definition) is 0. The number of amides is 1. The van der Waals surface area contributed by atoms with E-state index in [1.54, 1.807) is 7.11 Å². The van der Waals surface area contributed by atoms with Gasteiger partial charge in [-0.15, -0.1) is 0 Å². The molecule has 1 aromatic carbocycles. The van der Waals surface area contributed by atoms with Crippen molar-refractivity contribution in [2.24, 2.45) is 4.99 Å². The highest BCUT2D eigenvalue weighted by Crippen LogP contribution is 2.45. The van der Waals surface area contributed by atoms with Crippen LogP contribution in [0.2, 0.25) is 0 Å². The van der Waals surface area contributed by atoms with Crippen LogP contribution in [-0.4, -0.2) is 54.2 Å². The van der Waals surface area contributed by atoms with E-state index >= 15 is 0 Å². The second kappa shape index (κ2) is 9.18. The number of ether oxygens (including phenoxy) is 2. The van der Waals surface area contributed by atoms with Crippen LogP contribution in [0, 0.1) is 0 Å². The van der Waals surface area contributed by atoms with E-state index in [2.05, 4.69) is 4.99 Å². The molecule has 3 aliphatic rings. The molecule has 1 atom stereocenters. The summed E-state index contributed by atoms with van der Waals surface area (Å²) in [7, 11) is 2.99. The summed E-state index contributed by atoms with van der Waals surface area (Å²) in [5, 5.41) is 2.74. The first kappa shape index (κ1) is 21.5. The van der Waals surface area contributed by atoms with Crippen LogP contribution in [0.3, 0.4) is 0 Å². The lowest BCUT2D eigenvalue weighted by Gasteiger charge is -2.37. The predicted molar refractivity (Wildman–Crippen MR) is 120 cm³/mol. The van der Waals surface area contributed by atoms with Crippen molar-refractivity contribution in [2.45, 2.75) is 38.6 Å². The minimum absolute atomic E-state index is 0.114. The largest absolute Gasteiger partial charge is 0.497 e. The van der Waals surface area contributed by atoms with Crippen molar-refractivity contribution in [1.82, 2.24) is 9.80 Å². The highest BCUT2D eigenvalue weighted by atomic mass is 32.2. The zero-order chi connectivity index (χ0) is 22.0.